The van der Waals surface area contributed by atoms with Crippen molar-refractivity contribution in [3.05, 3.63) is 81.8 Å². The van der Waals surface area contributed by atoms with Gasteiger partial charge in [-0.3, -0.25) is 24.2 Å². The molecule has 0 bridgehead atoms. The Hall–Kier alpha value is -4.15. The van der Waals surface area contributed by atoms with Gasteiger partial charge in [-0.05, 0) is 110 Å². The lowest BCUT2D eigenvalue weighted by Crippen LogP contribution is -2.49. The molecule has 2 heterocycles. The molecule has 4 aromatic rings. The Kier molecular flexibility index (Phi) is 8.85. The largest absolute Gasteiger partial charge is 0.497 e. The van der Waals surface area contributed by atoms with Crippen LogP contribution in [0.5, 0.6) is 5.75 Å². The highest BCUT2D eigenvalue weighted by atomic mass is 79.9. The number of nitrogens with zero attached hydrogens (tertiary/aromatic N) is 2. The summed E-state index contributed by atoms with van der Waals surface area (Å²) in [6, 6.07) is 17.7. The molecule has 5 rings (SSSR count). The van der Waals surface area contributed by atoms with Crippen LogP contribution < -0.4 is 25.6 Å². The first kappa shape index (κ1) is 31.3. The second kappa shape index (κ2) is 12.5. The molecule has 0 saturated carbocycles. The lowest BCUT2D eigenvalue weighted by atomic mass is 10.0. The molecule has 1 unspecified atom stereocenters. The van der Waals surface area contributed by atoms with E-state index in [0.29, 0.717) is 63.6 Å². The molecule has 230 valence electrons. The van der Waals surface area contributed by atoms with E-state index in [1.807, 2.05) is 56.3 Å². The van der Waals surface area contributed by atoms with Gasteiger partial charge in [0, 0.05) is 29.5 Å². The van der Waals surface area contributed by atoms with Gasteiger partial charge in [-0.15, -0.1) is 0 Å². The van der Waals surface area contributed by atoms with Crippen molar-refractivity contribution < 1.29 is 23.5 Å². The molecule has 3 aromatic carbocycles. The molecule has 0 fully saturated rings. The number of fused-ring (bicyclic) bond motifs is 2. The fourth-order valence-corrected chi connectivity index (χ4v) is 6.27. The number of ether oxygens (including phenoxy) is 1. The molecule has 0 spiro atoms. The zero-order valence-electron chi connectivity index (χ0n) is 25.6. The van der Waals surface area contributed by atoms with E-state index in [0.717, 1.165) is 10.9 Å². The molecular formula is C34H37BrN4O5. The smallest absolute Gasteiger partial charge is 0.260 e. The summed E-state index contributed by atoms with van der Waals surface area (Å²) in [5.41, 5.74) is 9.19. The average Bonchev–Trinajstić information content (AvgIpc) is 3.24. The molecule has 1 aromatic heterocycles. The Balaban J connectivity index is 1.57. The number of carbonyl (C=O) groups excluding carboxylic acids is 3. The Morgan fingerprint density at radius 2 is 1.89 bits per heavy atom. The summed E-state index contributed by atoms with van der Waals surface area (Å²) < 4.78 is 12.3. The fourth-order valence-electron chi connectivity index (χ4n) is 5.64. The number of methoxy groups -OCH3 is 1. The van der Waals surface area contributed by atoms with E-state index in [1.54, 1.807) is 49.0 Å². The van der Waals surface area contributed by atoms with Gasteiger partial charge in [-0.1, -0.05) is 18.2 Å². The van der Waals surface area contributed by atoms with Gasteiger partial charge in [0.25, 0.3) is 11.8 Å². The van der Waals surface area contributed by atoms with Crippen LogP contribution in [-0.4, -0.2) is 43.0 Å². The van der Waals surface area contributed by atoms with Gasteiger partial charge in [0.15, 0.2) is 0 Å². The van der Waals surface area contributed by atoms with Crippen LogP contribution in [0.3, 0.4) is 0 Å². The summed E-state index contributed by atoms with van der Waals surface area (Å²) in [5.74, 6) is 0.225. The topological polar surface area (TPSA) is 118 Å². The number of carbonyl (C=O) groups is 3. The second-order valence-electron chi connectivity index (χ2n) is 11.7. The normalized spacial score (nSPS) is 15.1. The SMILES string of the molecule is CCN(C(=O)c1cccc(N2C(=O)C(NC(=O)CC(C)(C)N)CCc3cc(OC)ccc32)c1C)c1oc2ccccc2c1Br. The van der Waals surface area contributed by atoms with Crippen molar-refractivity contribution in [2.75, 3.05) is 23.5 Å². The minimum absolute atomic E-state index is 0.0742. The maximum Gasteiger partial charge on any atom is 0.260 e. The number of amides is 3. The van der Waals surface area contributed by atoms with Gasteiger partial charge in [0.05, 0.1) is 23.0 Å². The molecule has 9 nitrogen and oxygen atoms in total. The summed E-state index contributed by atoms with van der Waals surface area (Å²) in [6.07, 6.45) is 1.01. The summed E-state index contributed by atoms with van der Waals surface area (Å²) >= 11 is 3.63. The molecule has 44 heavy (non-hydrogen) atoms. The molecule has 1 aliphatic heterocycles. The van der Waals surface area contributed by atoms with Gasteiger partial charge < -0.3 is 20.2 Å². The maximum atomic E-state index is 14.3. The number of aryl methyl sites for hydroxylation is 1. The van der Waals surface area contributed by atoms with E-state index in [-0.39, 0.29) is 24.1 Å². The van der Waals surface area contributed by atoms with Crippen LogP contribution in [-0.2, 0) is 16.0 Å². The summed E-state index contributed by atoms with van der Waals surface area (Å²) in [5, 5.41) is 3.79. The third kappa shape index (κ3) is 6.09. The van der Waals surface area contributed by atoms with E-state index in [9.17, 15) is 14.4 Å². The number of nitrogens with two attached hydrogens (primary N) is 1. The molecule has 0 saturated heterocycles. The summed E-state index contributed by atoms with van der Waals surface area (Å²) in [6.45, 7) is 7.61. The predicted octanol–water partition coefficient (Wildman–Crippen LogP) is 6.40. The van der Waals surface area contributed by atoms with Crippen LogP contribution in [0, 0.1) is 6.92 Å². The maximum absolute atomic E-state index is 14.3. The van der Waals surface area contributed by atoms with Crippen LogP contribution in [0.15, 0.2) is 69.6 Å². The Labute approximate surface area is 265 Å². The highest BCUT2D eigenvalue weighted by Gasteiger charge is 2.35. The number of nitrogens with one attached hydrogen (secondary N) is 1. The van der Waals surface area contributed by atoms with Gasteiger partial charge in [0.1, 0.15) is 17.4 Å². The molecule has 10 heteroatoms. The number of furan rings is 1. The van der Waals surface area contributed by atoms with E-state index in [4.69, 9.17) is 14.9 Å². The van der Waals surface area contributed by atoms with Gasteiger partial charge >= 0.3 is 0 Å². The minimum atomic E-state index is -0.791. The van der Waals surface area contributed by atoms with Gasteiger partial charge in [-0.2, -0.15) is 0 Å². The number of anilines is 3. The predicted molar refractivity (Wildman–Crippen MR) is 176 cm³/mol. The number of hydrogen-bond donors (Lipinski definition) is 2. The first-order valence-electron chi connectivity index (χ1n) is 14.6. The minimum Gasteiger partial charge on any atom is -0.497 e. The number of para-hydroxylation sites is 1. The lowest BCUT2D eigenvalue weighted by molar-refractivity contribution is -0.127. The molecule has 0 radical (unpaired) electrons. The van der Waals surface area contributed by atoms with Crippen LogP contribution >= 0.6 is 15.9 Å². The summed E-state index contributed by atoms with van der Waals surface area (Å²) in [7, 11) is 1.60. The first-order chi connectivity index (χ1) is 20.9. The van der Waals surface area contributed by atoms with Crippen molar-refractivity contribution in [3.8, 4) is 5.75 Å². The Bertz CT molecular complexity index is 1740. The van der Waals surface area contributed by atoms with Gasteiger partial charge in [-0.25, -0.2) is 0 Å². The van der Waals surface area contributed by atoms with Crippen molar-refractivity contribution in [2.45, 2.75) is 58.5 Å². The standard InChI is InChI=1S/C34H37BrN4O5/c1-6-38(33-30(35)24-10-7-8-13-28(24)44-33)31(41)23-11-9-12-26(20(23)2)39-27-17-15-22(43-5)18-21(27)14-16-25(32(39)42)37-29(40)19-34(3,4)36/h7-13,15,17-18,25H,6,14,16,19,36H2,1-5H3,(H,37,40). The van der Waals surface area contributed by atoms with Gasteiger partial charge in [0.2, 0.25) is 11.8 Å². The van der Waals surface area contributed by atoms with Crippen molar-refractivity contribution in [1.29, 1.82) is 0 Å². The van der Waals surface area contributed by atoms with Crippen LogP contribution in [0.2, 0.25) is 0 Å². The number of rotatable bonds is 8. The lowest BCUT2D eigenvalue weighted by Gasteiger charge is -2.29. The van der Waals surface area contributed by atoms with E-state index < -0.39 is 11.6 Å². The van der Waals surface area contributed by atoms with Crippen molar-refractivity contribution in [3.63, 3.8) is 0 Å². The van der Waals surface area contributed by atoms with E-state index in [2.05, 4.69) is 21.2 Å². The molecule has 0 aliphatic carbocycles. The van der Waals surface area contributed by atoms with Crippen molar-refractivity contribution in [1.82, 2.24) is 5.32 Å². The highest BCUT2D eigenvalue weighted by Crippen LogP contribution is 2.40. The Morgan fingerprint density at radius 3 is 2.57 bits per heavy atom. The molecular weight excluding hydrogens is 624 g/mol. The first-order valence-corrected chi connectivity index (χ1v) is 15.4. The average molecular weight is 662 g/mol. The van der Waals surface area contributed by atoms with E-state index >= 15 is 0 Å². The fraction of sp³-hybridized carbons (Fsp3) is 0.324. The zero-order valence-corrected chi connectivity index (χ0v) is 27.2. The molecule has 1 atom stereocenters. The third-order valence-electron chi connectivity index (χ3n) is 7.80. The third-order valence-corrected chi connectivity index (χ3v) is 8.57. The summed E-state index contributed by atoms with van der Waals surface area (Å²) in [4.78, 5) is 44.5. The molecule has 1 aliphatic rings. The van der Waals surface area contributed by atoms with Crippen LogP contribution in [0.25, 0.3) is 11.0 Å². The Morgan fingerprint density at radius 1 is 1.14 bits per heavy atom. The number of benzene rings is 3. The van der Waals surface area contributed by atoms with E-state index in [1.165, 1.54) is 0 Å². The highest BCUT2D eigenvalue weighted by molar-refractivity contribution is 9.10. The van der Waals surface area contributed by atoms with Crippen molar-refractivity contribution in [2.24, 2.45) is 5.73 Å². The van der Waals surface area contributed by atoms with Crippen LogP contribution in [0.4, 0.5) is 17.3 Å². The quantitative estimate of drug-likeness (QED) is 0.226. The molecule has 3 amide bonds. The zero-order chi connectivity index (χ0) is 31.8. The van der Waals surface area contributed by atoms with Crippen molar-refractivity contribution >= 4 is 61.9 Å². The number of hydrogen-bond acceptors (Lipinski definition) is 6. The van der Waals surface area contributed by atoms with Crippen LogP contribution in [0.1, 0.15) is 55.1 Å². The monoisotopic (exact) mass is 660 g/mol. The molecule has 3 N–H and O–H groups in total. The second-order valence-corrected chi connectivity index (χ2v) is 12.5. The number of halogens is 1.